The van der Waals surface area contributed by atoms with Crippen LogP contribution in [-0.2, 0) is 11.2 Å². The van der Waals surface area contributed by atoms with E-state index in [4.69, 9.17) is 5.73 Å². The minimum absolute atomic E-state index is 0.0393. The normalized spacial score (nSPS) is 15.3. The lowest BCUT2D eigenvalue weighted by Crippen LogP contribution is -2.16. The summed E-state index contributed by atoms with van der Waals surface area (Å²) in [4.78, 5) is 23.5. The molecule has 0 saturated heterocycles. The van der Waals surface area contributed by atoms with Gasteiger partial charge in [0, 0.05) is 17.2 Å². The molecule has 2 amide bonds. The van der Waals surface area contributed by atoms with Crippen LogP contribution in [0.1, 0.15) is 54.1 Å². The summed E-state index contributed by atoms with van der Waals surface area (Å²) in [5.74, 6) is -0.428. The van der Waals surface area contributed by atoms with Gasteiger partial charge in [-0.25, -0.2) is 0 Å². The van der Waals surface area contributed by atoms with Gasteiger partial charge in [-0.15, -0.1) is 0 Å². The molecule has 2 rings (SSSR count). The van der Waals surface area contributed by atoms with Crippen LogP contribution in [0.2, 0.25) is 0 Å². The lowest BCUT2D eigenvalue weighted by Gasteiger charge is -2.18. The first-order valence-corrected chi connectivity index (χ1v) is 7.67. The highest BCUT2D eigenvalue weighted by Crippen LogP contribution is 2.36. The van der Waals surface area contributed by atoms with E-state index in [1.165, 1.54) is 0 Å². The summed E-state index contributed by atoms with van der Waals surface area (Å²) in [6.45, 7) is 4.14. The van der Waals surface area contributed by atoms with E-state index in [0.29, 0.717) is 12.0 Å². The zero-order valence-corrected chi connectivity index (χ0v) is 13.1. The van der Waals surface area contributed by atoms with Crippen LogP contribution in [-0.4, -0.2) is 11.8 Å². The van der Waals surface area contributed by atoms with E-state index in [0.717, 1.165) is 29.7 Å². The lowest BCUT2D eigenvalue weighted by atomic mass is 9.86. The molecule has 22 heavy (non-hydrogen) atoms. The summed E-state index contributed by atoms with van der Waals surface area (Å²) in [6.07, 6.45) is 10.2. The number of benzene rings is 1. The van der Waals surface area contributed by atoms with E-state index < -0.39 is 5.91 Å². The van der Waals surface area contributed by atoms with Crippen molar-refractivity contribution in [2.45, 2.75) is 39.0 Å². The SMILES string of the molecule is CCC=CC=CC(CC)c1c(C(N)=O)ccc2c1CC(=O)N2. The fraction of sp³-hybridized carbons (Fsp3) is 0.333. The Morgan fingerprint density at radius 2 is 2.14 bits per heavy atom. The number of anilines is 1. The van der Waals surface area contributed by atoms with E-state index in [1.54, 1.807) is 12.1 Å². The number of amides is 2. The van der Waals surface area contributed by atoms with Crippen LogP contribution >= 0.6 is 0 Å². The van der Waals surface area contributed by atoms with E-state index >= 15 is 0 Å². The number of carbonyl (C=O) groups is 2. The molecule has 4 heteroatoms. The lowest BCUT2D eigenvalue weighted by molar-refractivity contribution is -0.115. The van der Waals surface area contributed by atoms with E-state index in [9.17, 15) is 9.59 Å². The van der Waals surface area contributed by atoms with Gasteiger partial charge >= 0.3 is 0 Å². The molecule has 0 aliphatic carbocycles. The smallest absolute Gasteiger partial charge is 0.249 e. The van der Waals surface area contributed by atoms with Crippen LogP contribution in [0, 0.1) is 0 Å². The van der Waals surface area contributed by atoms with Crippen molar-refractivity contribution in [3.05, 3.63) is 53.1 Å². The number of hydrogen-bond donors (Lipinski definition) is 2. The van der Waals surface area contributed by atoms with Crippen LogP contribution in [0.25, 0.3) is 0 Å². The molecule has 4 nitrogen and oxygen atoms in total. The van der Waals surface area contributed by atoms with Gasteiger partial charge in [0.05, 0.1) is 6.42 Å². The first-order chi connectivity index (χ1) is 10.6. The highest BCUT2D eigenvalue weighted by Gasteiger charge is 2.27. The highest BCUT2D eigenvalue weighted by molar-refractivity contribution is 6.03. The monoisotopic (exact) mass is 298 g/mol. The van der Waals surface area contributed by atoms with Crippen LogP contribution in [0.5, 0.6) is 0 Å². The summed E-state index contributed by atoms with van der Waals surface area (Å²) in [7, 11) is 0. The van der Waals surface area contributed by atoms with Gasteiger partial charge in [-0.1, -0.05) is 38.2 Å². The second kappa shape index (κ2) is 7.07. The maximum absolute atomic E-state index is 11.8. The number of nitrogens with one attached hydrogen (secondary N) is 1. The maximum atomic E-state index is 11.8. The Hall–Kier alpha value is -2.36. The van der Waals surface area contributed by atoms with Gasteiger partial charge in [0.25, 0.3) is 0 Å². The second-order valence-electron chi connectivity index (χ2n) is 5.38. The van der Waals surface area contributed by atoms with Crippen LogP contribution in [0.4, 0.5) is 5.69 Å². The van der Waals surface area contributed by atoms with Crippen LogP contribution < -0.4 is 11.1 Å². The zero-order chi connectivity index (χ0) is 16.1. The third-order valence-corrected chi connectivity index (χ3v) is 3.87. The van der Waals surface area contributed by atoms with Crippen molar-refractivity contribution in [1.29, 1.82) is 0 Å². The fourth-order valence-corrected chi connectivity index (χ4v) is 2.81. The Morgan fingerprint density at radius 1 is 1.36 bits per heavy atom. The first-order valence-electron chi connectivity index (χ1n) is 7.67. The minimum atomic E-state index is -0.451. The Kier molecular flexibility index (Phi) is 5.15. The molecule has 0 saturated carbocycles. The Labute approximate surface area is 131 Å². The van der Waals surface area contributed by atoms with Crippen molar-refractivity contribution in [1.82, 2.24) is 0 Å². The topological polar surface area (TPSA) is 72.2 Å². The summed E-state index contributed by atoms with van der Waals surface area (Å²) in [6, 6.07) is 3.47. The first kappa shape index (κ1) is 16.0. The number of carbonyl (C=O) groups excluding carboxylic acids is 2. The van der Waals surface area contributed by atoms with Crippen LogP contribution in [0.15, 0.2) is 36.4 Å². The Balaban J connectivity index is 2.48. The molecule has 0 radical (unpaired) electrons. The van der Waals surface area contributed by atoms with E-state index in [2.05, 4.69) is 31.3 Å². The third-order valence-electron chi connectivity index (χ3n) is 3.87. The van der Waals surface area contributed by atoms with Gasteiger partial charge in [0.15, 0.2) is 0 Å². The molecule has 0 spiro atoms. The molecule has 1 unspecified atom stereocenters. The highest BCUT2D eigenvalue weighted by atomic mass is 16.2. The van der Waals surface area contributed by atoms with Gasteiger partial charge in [-0.3, -0.25) is 9.59 Å². The molecule has 1 atom stereocenters. The number of fused-ring (bicyclic) bond motifs is 1. The molecule has 1 aromatic carbocycles. The van der Waals surface area contributed by atoms with Crippen molar-refractivity contribution in [2.24, 2.45) is 5.73 Å². The van der Waals surface area contributed by atoms with Crippen molar-refractivity contribution in [3.63, 3.8) is 0 Å². The number of nitrogens with two attached hydrogens (primary N) is 1. The molecule has 116 valence electrons. The molecular formula is C18H22N2O2. The molecular weight excluding hydrogens is 276 g/mol. The number of hydrogen-bond acceptors (Lipinski definition) is 2. The van der Waals surface area contributed by atoms with Crippen molar-refractivity contribution >= 4 is 17.5 Å². The Bertz CT molecular complexity index is 645. The van der Waals surface area contributed by atoms with Gasteiger partial charge < -0.3 is 11.1 Å². The predicted molar refractivity (Wildman–Crippen MR) is 88.9 cm³/mol. The number of allylic oxidation sites excluding steroid dienone is 4. The van der Waals surface area contributed by atoms with Crippen molar-refractivity contribution < 1.29 is 9.59 Å². The standard InChI is InChI=1S/C18H22N2O2/c1-3-5-6-7-8-12(4-2)17-13(18(19)22)9-10-15-14(17)11-16(21)20-15/h5-10,12H,3-4,11H2,1-2H3,(H2,19,22)(H,20,21). The quantitative estimate of drug-likeness (QED) is 0.791. The molecule has 1 aliphatic heterocycles. The average molecular weight is 298 g/mol. The third kappa shape index (κ3) is 3.27. The van der Waals surface area contributed by atoms with Gasteiger partial charge in [0.2, 0.25) is 11.8 Å². The van der Waals surface area contributed by atoms with E-state index in [1.807, 2.05) is 12.2 Å². The second-order valence-corrected chi connectivity index (χ2v) is 5.38. The van der Waals surface area contributed by atoms with Gasteiger partial charge in [-0.05, 0) is 36.1 Å². The minimum Gasteiger partial charge on any atom is -0.366 e. The van der Waals surface area contributed by atoms with Gasteiger partial charge in [-0.2, -0.15) is 0 Å². The fourth-order valence-electron chi connectivity index (χ4n) is 2.81. The molecule has 1 aromatic rings. The van der Waals surface area contributed by atoms with Crippen molar-refractivity contribution in [2.75, 3.05) is 5.32 Å². The molecule has 0 aromatic heterocycles. The number of rotatable bonds is 6. The van der Waals surface area contributed by atoms with Crippen molar-refractivity contribution in [3.8, 4) is 0 Å². The van der Waals surface area contributed by atoms with Gasteiger partial charge in [0.1, 0.15) is 0 Å². The molecule has 1 heterocycles. The predicted octanol–water partition coefficient (Wildman–Crippen LogP) is 3.30. The summed E-state index contributed by atoms with van der Waals surface area (Å²) in [5, 5.41) is 2.83. The molecule has 0 bridgehead atoms. The molecule has 3 N–H and O–H groups in total. The maximum Gasteiger partial charge on any atom is 0.249 e. The largest absolute Gasteiger partial charge is 0.366 e. The molecule has 0 fully saturated rings. The van der Waals surface area contributed by atoms with Crippen LogP contribution in [0.3, 0.4) is 0 Å². The summed E-state index contributed by atoms with van der Waals surface area (Å²) < 4.78 is 0. The summed E-state index contributed by atoms with van der Waals surface area (Å²) in [5.41, 5.74) is 8.61. The average Bonchev–Trinajstić information content (AvgIpc) is 2.87. The summed E-state index contributed by atoms with van der Waals surface area (Å²) >= 11 is 0. The zero-order valence-electron chi connectivity index (χ0n) is 13.1. The molecule has 1 aliphatic rings. The number of primary amides is 1. The van der Waals surface area contributed by atoms with E-state index in [-0.39, 0.29) is 11.8 Å². The Morgan fingerprint density at radius 3 is 2.77 bits per heavy atom.